The first-order valence-corrected chi connectivity index (χ1v) is 8.96. The Morgan fingerprint density at radius 2 is 1.81 bits per heavy atom. The summed E-state index contributed by atoms with van der Waals surface area (Å²) in [6, 6.07) is 7.37. The average molecular weight is 380 g/mol. The highest BCUT2D eigenvalue weighted by Gasteiger charge is 2.32. The molecule has 0 bridgehead atoms. The number of hydrogen-bond donors (Lipinski definition) is 1. The molecule has 1 aliphatic carbocycles. The number of benzene rings is 1. The van der Waals surface area contributed by atoms with E-state index in [1.54, 1.807) is 24.1 Å². The van der Waals surface area contributed by atoms with Gasteiger partial charge in [-0.1, -0.05) is 12.1 Å². The van der Waals surface area contributed by atoms with Crippen molar-refractivity contribution in [3.05, 3.63) is 24.3 Å². The Morgan fingerprint density at radius 3 is 2.41 bits per heavy atom. The predicted octanol–water partition coefficient (Wildman–Crippen LogP) is 1.19. The molecule has 27 heavy (non-hydrogen) atoms. The minimum atomic E-state index is -0.482. The molecule has 8 heteroatoms. The molecule has 0 heterocycles. The third kappa shape index (κ3) is 6.73. The summed E-state index contributed by atoms with van der Waals surface area (Å²) in [6.07, 6.45) is 1.65. The van der Waals surface area contributed by atoms with E-state index < -0.39 is 6.29 Å². The highest BCUT2D eigenvalue weighted by Crippen LogP contribution is 2.28. The van der Waals surface area contributed by atoms with Crippen LogP contribution in [0.5, 0.6) is 11.5 Å². The topological polar surface area (TPSA) is 86.3 Å². The summed E-state index contributed by atoms with van der Waals surface area (Å²) in [4.78, 5) is 26.3. The molecule has 0 saturated heterocycles. The van der Waals surface area contributed by atoms with Crippen molar-refractivity contribution < 1.29 is 28.5 Å². The number of ether oxygens (including phenoxy) is 4. The van der Waals surface area contributed by atoms with Crippen LogP contribution < -0.4 is 14.8 Å². The summed E-state index contributed by atoms with van der Waals surface area (Å²) >= 11 is 0. The van der Waals surface area contributed by atoms with Crippen molar-refractivity contribution in [3.8, 4) is 11.5 Å². The van der Waals surface area contributed by atoms with Crippen LogP contribution in [0, 0.1) is 0 Å². The third-order valence-corrected chi connectivity index (χ3v) is 4.30. The van der Waals surface area contributed by atoms with Crippen molar-refractivity contribution >= 4 is 11.8 Å². The highest BCUT2D eigenvalue weighted by molar-refractivity contribution is 5.80. The fraction of sp³-hybridized carbons (Fsp3) is 0.579. The number of rotatable bonds is 12. The number of hydrogen-bond acceptors (Lipinski definition) is 6. The molecule has 0 aromatic heterocycles. The molecule has 0 unspecified atom stereocenters. The standard InChI is InChI=1S/C19H28N2O6/c1-24-15-6-4-5-7-16(15)27-13-18(23)21(14-8-9-14)11-10-17(22)20-12-19(25-2)26-3/h4-7,14,19H,8-13H2,1-3H3,(H,20,22). The summed E-state index contributed by atoms with van der Waals surface area (Å²) in [6.45, 7) is 0.531. The Bertz CT molecular complexity index is 616. The zero-order valence-electron chi connectivity index (χ0n) is 16.1. The summed E-state index contributed by atoms with van der Waals surface area (Å²) < 4.78 is 20.9. The number of nitrogens with zero attached hydrogens (tertiary/aromatic N) is 1. The van der Waals surface area contributed by atoms with Gasteiger partial charge in [0.25, 0.3) is 5.91 Å². The van der Waals surface area contributed by atoms with Crippen molar-refractivity contribution in [2.75, 3.05) is 41.0 Å². The lowest BCUT2D eigenvalue weighted by atomic mass is 10.3. The minimum absolute atomic E-state index is 0.0894. The van der Waals surface area contributed by atoms with E-state index >= 15 is 0 Å². The molecule has 8 nitrogen and oxygen atoms in total. The third-order valence-electron chi connectivity index (χ3n) is 4.30. The van der Waals surface area contributed by atoms with E-state index in [2.05, 4.69) is 5.32 Å². The second-order valence-electron chi connectivity index (χ2n) is 6.21. The van der Waals surface area contributed by atoms with E-state index in [9.17, 15) is 9.59 Å². The number of para-hydroxylation sites is 2. The number of carbonyl (C=O) groups is 2. The van der Waals surface area contributed by atoms with Crippen LogP contribution >= 0.6 is 0 Å². The van der Waals surface area contributed by atoms with Gasteiger partial charge < -0.3 is 29.2 Å². The minimum Gasteiger partial charge on any atom is -0.493 e. The maximum Gasteiger partial charge on any atom is 0.260 e. The van der Waals surface area contributed by atoms with E-state index in [0.29, 0.717) is 18.0 Å². The lowest BCUT2D eigenvalue weighted by Gasteiger charge is -2.23. The molecular weight excluding hydrogens is 352 g/mol. The number of carbonyl (C=O) groups excluding carboxylic acids is 2. The molecule has 150 valence electrons. The maximum atomic E-state index is 12.6. The van der Waals surface area contributed by atoms with Crippen LogP contribution in [-0.4, -0.2) is 70.1 Å². The molecule has 0 atom stereocenters. The molecule has 1 aromatic rings. The SMILES string of the molecule is COc1ccccc1OCC(=O)N(CCC(=O)NCC(OC)OC)C1CC1. The van der Waals surface area contributed by atoms with E-state index in [4.69, 9.17) is 18.9 Å². The van der Waals surface area contributed by atoms with Gasteiger partial charge in [-0.3, -0.25) is 9.59 Å². The largest absolute Gasteiger partial charge is 0.493 e. The van der Waals surface area contributed by atoms with Crippen molar-refractivity contribution in [1.29, 1.82) is 0 Å². The fourth-order valence-corrected chi connectivity index (χ4v) is 2.63. The first kappa shape index (κ1) is 21.0. The maximum absolute atomic E-state index is 12.6. The molecule has 0 aliphatic heterocycles. The van der Waals surface area contributed by atoms with E-state index in [1.165, 1.54) is 14.2 Å². The van der Waals surface area contributed by atoms with E-state index in [-0.39, 0.29) is 37.4 Å². The molecule has 2 rings (SSSR count). The summed E-state index contributed by atoms with van der Waals surface area (Å²) in [5.41, 5.74) is 0. The molecule has 0 spiro atoms. The van der Waals surface area contributed by atoms with Crippen LogP contribution in [0.4, 0.5) is 0 Å². The van der Waals surface area contributed by atoms with Gasteiger partial charge in [-0.15, -0.1) is 0 Å². The number of amides is 2. The normalized spacial score (nSPS) is 13.3. The van der Waals surface area contributed by atoms with Gasteiger partial charge in [-0.05, 0) is 25.0 Å². The van der Waals surface area contributed by atoms with Gasteiger partial charge in [0.05, 0.1) is 13.7 Å². The van der Waals surface area contributed by atoms with Crippen molar-refractivity contribution in [3.63, 3.8) is 0 Å². The van der Waals surface area contributed by atoms with Gasteiger partial charge in [0.1, 0.15) is 0 Å². The Kier molecular flexibility index (Phi) is 8.35. The van der Waals surface area contributed by atoms with Gasteiger partial charge in [0.2, 0.25) is 5.91 Å². The van der Waals surface area contributed by atoms with Crippen LogP contribution in [-0.2, 0) is 19.1 Å². The molecule has 1 saturated carbocycles. The zero-order valence-corrected chi connectivity index (χ0v) is 16.1. The molecule has 2 amide bonds. The van der Waals surface area contributed by atoms with Gasteiger partial charge in [-0.25, -0.2) is 0 Å². The Balaban J connectivity index is 1.80. The van der Waals surface area contributed by atoms with E-state index in [1.807, 2.05) is 12.1 Å². The van der Waals surface area contributed by atoms with Gasteiger partial charge in [0.15, 0.2) is 24.4 Å². The summed E-state index contributed by atoms with van der Waals surface area (Å²) in [7, 11) is 4.57. The van der Waals surface area contributed by atoms with E-state index in [0.717, 1.165) is 12.8 Å². The molecular formula is C19H28N2O6. The van der Waals surface area contributed by atoms with Crippen molar-refractivity contribution in [2.45, 2.75) is 31.6 Å². The average Bonchev–Trinajstić information content (AvgIpc) is 3.52. The lowest BCUT2D eigenvalue weighted by Crippen LogP contribution is -2.40. The van der Waals surface area contributed by atoms with Gasteiger partial charge >= 0.3 is 0 Å². The molecule has 1 aliphatic rings. The molecule has 1 fully saturated rings. The molecule has 0 radical (unpaired) electrons. The smallest absolute Gasteiger partial charge is 0.260 e. The predicted molar refractivity (Wildman–Crippen MR) is 98.7 cm³/mol. The zero-order chi connectivity index (χ0) is 19.6. The first-order valence-electron chi connectivity index (χ1n) is 8.96. The monoisotopic (exact) mass is 380 g/mol. The quantitative estimate of drug-likeness (QED) is 0.548. The van der Waals surface area contributed by atoms with Crippen LogP contribution in [0.15, 0.2) is 24.3 Å². The van der Waals surface area contributed by atoms with Crippen molar-refractivity contribution in [1.82, 2.24) is 10.2 Å². The Hall–Kier alpha value is -2.32. The number of nitrogens with one attached hydrogen (secondary N) is 1. The van der Waals surface area contributed by atoms with Crippen LogP contribution in [0.1, 0.15) is 19.3 Å². The second kappa shape index (κ2) is 10.7. The Morgan fingerprint density at radius 1 is 1.15 bits per heavy atom. The fourth-order valence-electron chi connectivity index (χ4n) is 2.63. The highest BCUT2D eigenvalue weighted by atomic mass is 16.7. The summed E-state index contributed by atoms with van der Waals surface area (Å²) in [5.74, 6) is 0.807. The Labute approximate surface area is 159 Å². The lowest BCUT2D eigenvalue weighted by molar-refractivity contribution is -0.135. The van der Waals surface area contributed by atoms with Gasteiger partial charge in [-0.2, -0.15) is 0 Å². The van der Waals surface area contributed by atoms with Crippen LogP contribution in [0.3, 0.4) is 0 Å². The summed E-state index contributed by atoms with van der Waals surface area (Å²) in [5, 5.41) is 2.74. The van der Waals surface area contributed by atoms with Crippen LogP contribution in [0.25, 0.3) is 0 Å². The van der Waals surface area contributed by atoms with Crippen LogP contribution in [0.2, 0.25) is 0 Å². The number of methoxy groups -OCH3 is 3. The van der Waals surface area contributed by atoms with Crippen molar-refractivity contribution in [2.24, 2.45) is 0 Å². The second-order valence-corrected chi connectivity index (χ2v) is 6.21. The molecule has 1 N–H and O–H groups in total. The molecule has 1 aromatic carbocycles. The van der Waals surface area contributed by atoms with Gasteiger partial charge in [0, 0.05) is 33.2 Å². The first-order chi connectivity index (χ1) is 13.1.